The minimum Gasteiger partial charge on any atom is -0.497 e. The van der Waals surface area contributed by atoms with E-state index in [1.165, 1.54) is 19.5 Å². The van der Waals surface area contributed by atoms with Crippen LogP contribution in [0.4, 0.5) is 15.9 Å². The maximum Gasteiger partial charge on any atom is 0.144 e. The Morgan fingerprint density at radius 1 is 0.968 bits per heavy atom. The molecule has 1 N–H and O–H groups in total. The summed E-state index contributed by atoms with van der Waals surface area (Å²) in [5.41, 5.74) is 2.93. The van der Waals surface area contributed by atoms with Crippen LogP contribution in [0, 0.1) is 12.7 Å². The SMILES string of the molecule is COc1cc(F)c2c(Nc3ccc(Oc4ccn5ccnc5c4)c(C)c3)ncnc2c1. The lowest BCUT2D eigenvalue weighted by Crippen LogP contribution is -1.99. The van der Waals surface area contributed by atoms with Gasteiger partial charge in [0.05, 0.1) is 18.0 Å². The van der Waals surface area contributed by atoms with Crippen molar-refractivity contribution in [2.45, 2.75) is 6.92 Å². The summed E-state index contributed by atoms with van der Waals surface area (Å²) in [6.07, 6.45) is 6.90. The predicted molar refractivity (Wildman–Crippen MR) is 116 cm³/mol. The number of anilines is 2. The quantitative estimate of drug-likeness (QED) is 0.422. The van der Waals surface area contributed by atoms with Crippen molar-refractivity contribution >= 4 is 28.1 Å². The Morgan fingerprint density at radius 3 is 2.71 bits per heavy atom. The number of methoxy groups -OCH3 is 1. The molecule has 5 rings (SSSR count). The van der Waals surface area contributed by atoms with E-state index in [9.17, 15) is 4.39 Å². The van der Waals surface area contributed by atoms with E-state index in [1.54, 1.807) is 12.3 Å². The van der Waals surface area contributed by atoms with Crippen LogP contribution in [0.3, 0.4) is 0 Å². The van der Waals surface area contributed by atoms with Gasteiger partial charge in [0.2, 0.25) is 0 Å². The van der Waals surface area contributed by atoms with Gasteiger partial charge in [-0.2, -0.15) is 0 Å². The third-order valence-corrected chi connectivity index (χ3v) is 4.93. The zero-order valence-corrected chi connectivity index (χ0v) is 16.8. The lowest BCUT2D eigenvalue weighted by molar-refractivity contribution is 0.412. The fraction of sp³-hybridized carbons (Fsp3) is 0.0870. The second-order valence-corrected chi connectivity index (χ2v) is 6.99. The van der Waals surface area contributed by atoms with Crippen LogP contribution < -0.4 is 14.8 Å². The summed E-state index contributed by atoms with van der Waals surface area (Å²) in [6.45, 7) is 1.94. The van der Waals surface area contributed by atoms with Crippen LogP contribution in [-0.4, -0.2) is 26.5 Å². The average molecular weight is 415 g/mol. The van der Waals surface area contributed by atoms with Crippen molar-refractivity contribution in [2.24, 2.45) is 0 Å². The van der Waals surface area contributed by atoms with Crippen LogP contribution >= 0.6 is 0 Å². The van der Waals surface area contributed by atoms with E-state index in [-0.39, 0.29) is 0 Å². The fourth-order valence-corrected chi connectivity index (χ4v) is 3.39. The largest absolute Gasteiger partial charge is 0.497 e. The third-order valence-electron chi connectivity index (χ3n) is 4.93. The van der Waals surface area contributed by atoms with Gasteiger partial charge < -0.3 is 19.2 Å². The van der Waals surface area contributed by atoms with Crippen molar-refractivity contribution in [3.8, 4) is 17.2 Å². The Balaban J connectivity index is 1.42. The third kappa shape index (κ3) is 3.59. The molecule has 0 fully saturated rings. The first kappa shape index (κ1) is 18.8. The summed E-state index contributed by atoms with van der Waals surface area (Å²) in [5.74, 6) is 1.73. The summed E-state index contributed by atoms with van der Waals surface area (Å²) in [7, 11) is 1.49. The molecule has 3 aromatic heterocycles. The number of ether oxygens (including phenoxy) is 2. The summed E-state index contributed by atoms with van der Waals surface area (Å²) < 4.78 is 27.7. The topological polar surface area (TPSA) is 73.6 Å². The first-order chi connectivity index (χ1) is 15.1. The van der Waals surface area contributed by atoms with Crippen molar-refractivity contribution in [3.05, 3.63) is 78.8 Å². The van der Waals surface area contributed by atoms with Gasteiger partial charge >= 0.3 is 0 Å². The van der Waals surface area contributed by atoms with Crippen LogP contribution in [0.5, 0.6) is 17.2 Å². The molecule has 8 heteroatoms. The number of fused-ring (bicyclic) bond motifs is 2. The summed E-state index contributed by atoms with van der Waals surface area (Å²) in [6, 6.07) is 12.4. The number of benzene rings is 2. The summed E-state index contributed by atoms with van der Waals surface area (Å²) in [5, 5.41) is 3.48. The number of nitrogens with zero attached hydrogens (tertiary/aromatic N) is 4. The lowest BCUT2D eigenvalue weighted by Gasteiger charge is -2.13. The van der Waals surface area contributed by atoms with Gasteiger partial charge in [0.15, 0.2) is 0 Å². The maximum atomic E-state index is 14.6. The van der Waals surface area contributed by atoms with Gasteiger partial charge in [-0.05, 0) is 36.8 Å². The van der Waals surface area contributed by atoms with E-state index in [0.29, 0.717) is 34.0 Å². The van der Waals surface area contributed by atoms with Gasteiger partial charge in [-0.15, -0.1) is 0 Å². The molecule has 2 aromatic carbocycles. The number of imidazole rings is 1. The minimum atomic E-state index is -0.455. The van der Waals surface area contributed by atoms with Gasteiger partial charge in [-0.3, -0.25) is 0 Å². The molecule has 3 heterocycles. The van der Waals surface area contributed by atoms with Gasteiger partial charge in [0, 0.05) is 42.5 Å². The van der Waals surface area contributed by atoms with Crippen LogP contribution in [0.1, 0.15) is 5.56 Å². The van der Waals surface area contributed by atoms with Crippen molar-refractivity contribution < 1.29 is 13.9 Å². The fourth-order valence-electron chi connectivity index (χ4n) is 3.39. The molecule has 0 amide bonds. The van der Waals surface area contributed by atoms with E-state index < -0.39 is 5.82 Å². The number of nitrogens with one attached hydrogen (secondary N) is 1. The Morgan fingerprint density at radius 2 is 1.87 bits per heavy atom. The Labute approximate surface area is 177 Å². The molecule has 0 unspecified atom stereocenters. The van der Waals surface area contributed by atoms with Crippen molar-refractivity contribution in [1.82, 2.24) is 19.4 Å². The van der Waals surface area contributed by atoms with Gasteiger partial charge in [-0.1, -0.05) is 0 Å². The van der Waals surface area contributed by atoms with E-state index in [0.717, 1.165) is 16.9 Å². The molecule has 0 aliphatic carbocycles. The lowest BCUT2D eigenvalue weighted by atomic mass is 10.1. The molecule has 0 spiro atoms. The smallest absolute Gasteiger partial charge is 0.144 e. The second-order valence-electron chi connectivity index (χ2n) is 6.99. The minimum absolute atomic E-state index is 0.300. The van der Waals surface area contributed by atoms with Gasteiger partial charge in [0.1, 0.15) is 40.9 Å². The standard InChI is InChI=1S/C23H18FN5O2/c1-14-9-15(3-4-20(14)31-16-5-7-29-8-6-25-21(29)12-16)28-23-22-18(24)10-17(30-2)11-19(22)26-13-27-23/h3-13H,1-2H3,(H,26,27,28). The van der Waals surface area contributed by atoms with Crippen LogP contribution in [0.2, 0.25) is 0 Å². The normalized spacial score (nSPS) is 11.1. The zero-order chi connectivity index (χ0) is 21.4. The van der Waals surface area contributed by atoms with Gasteiger partial charge in [-0.25, -0.2) is 19.3 Å². The van der Waals surface area contributed by atoms with Crippen molar-refractivity contribution in [2.75, 3.05) is 12.4 Å². The molecule has 0 aliphatic rings. The monoisotopic (exact) mass is 415 g/mol. The number of halogens is 1. The average Bonchev–Trinajstić information content (AvgIpc) is 3.23. The van der Waals surface area contributed by atoms with E-state index in [1.807, 2.05) is 54.0 Å². The number of pyridine rings is 1. The first-order valence-corrected chi connectivity index (χ1v) is 9.57. The summed E-state index contributed by atoms with van der Waals surface area (Å²) >= 11 is 0. The van der Waals surface area contributed by atoms with Crippen LogP contribution in [0.15, 0.2) is 67.4 Å². The summed E-state index contributed by atoms with van der Waals surface area (Å²) in [4.78, 5) is 12.6. The number of aromatic nitrogens is 4. The number of rotatable bonds is 5. The van der Waals surface area contributed by atoms with Crippen LogP contribution in [-0.2, 0) is 0 Å². The van der Waals surface area contributed by atoms with Crippen molar-refractivity contribution in [3.63, 3.8) is 0 Å². The molecule has 0 atom stereocenters. The zero-order valence-electron chi connectivity index (χ0n) is 16.8. The number of hydrogen-bond donors (Lipinski definition) is 1. The van der Waals surface area contributed by atoms with Crippen molar-refractivity contribution in [1.29, 1.82) is 0 Å². The predicted octanol–water partition coefficient (Wildman–Crippen LogP) is 5.27. The molecule has 0 aliphatic heterocycles. The molecule has 31 heavy (non-hydrogen) atoms. The Hall–Kier alpha value is -4.20. The first-order valence-electron chi connectivity index (χ1n) is 9.57. The molecular weight excluding hydrogens is 397 g/mol. The highest BCUT2D eigenvalue weighted by molar-refractivity contribution is 5.92. The van der Waals surface area contributed by atoms with Gasteiger partial charge in [0.25, 0.3) is 0 Å². The highest BCUT2D eigenvalue weighted by atomic mass is 19.1. The number of hydrogen-bond acceptors (Lipinski definition) is 6. The van der Waals surface area contributed by atoms with E-state index in [4.69, 9.17) is 9.47 Å². The van der Waals surface area contributed by atoms with E-state index >= 15 is 0 Å². The highest BCUT2D eigenvalue weighted by Gasteiger charge is 2.12. The molecule has 0 bridgehead atoms. The second kappa shape index (κ2) is 7.56. The molecule has 0 saturated heterocycles. The van der Waals surface area contributed by atoms with Crippen LogP contribution in [0.25, 0.3) is 16.6 Å². The molecular formula is C23H18FN5O2. The molecule has 5 aromatic rings. The highest BCUT2D eigenvalue weighted by Crippen LogP contribution is 2.32. The molecule has 0 radical (unpaired) electrons. The van der Waals surface area contributed by atoms with E-state index in [2.05, 4.69) is 20.3 Å². The molecule has 7 nitrogen and oxygen atoms in total. The Bertz CT molecular complexity index is 1420. The molecule has 0 saturated carbocycles. The maximum absolute atomic E-state index is 14.6. The number of aryl methyl sites for hydroxylation is 1. The molecule has 154 valence electrons. The Kier molecular flexibility index (Phi) is 4.59.